The van der Waals surface area contributed by atoms with Crippen molar-refractivity contribution >= 4 is 28.5 Å². The van der Waals surface area contributed by atoms with E-state index in [1.165, 1.54) is 18.0 Å². The van der Waals surface area contributed by atoms with E-state index >= 15 is 0 Å². The number of aryl methyl sites for hydroxylation is 1. The van der Waals surface area contributed by atoms with Crippen LogP contribution in [0.2, 0.25) is 0 Å². The first-order valence-corrected chi connectivity index (χ1v) is 11.3. The van der Waals surface area contributed by atoms with Crippen molar-refractivity contribution in [2.45, 2.75) is 26.2 Å². The summed E-state index contributed by atoms with van der Waals surface area (Å²) in [5.74, 6) is -0.177. The minimum atomic E-state index is -4.51. The minimum absolute atomic E-state index is 0.0226. The molecular formula is C27H24F3N5O2. The van der Waals surface area contributed by atoms with Crippen LogP contribution in [-0.2, 0) is 19.3 Å². The number of fused-ring (bicyclic) bond motifs is 1. The molecule has 0 spiro atoms. The van der Waals surface area contributed by atoms with Gasteiger partial charge < -0.3 is 16.0 Å². The second-order valence-electron chi connectivity index (χ2n) is 8.57. The second-order valence-corrected chi connectivity index (χ2v) is 8.57. The molecule has 2 amide bonds. The number of rotatable bonds is 6. The summed E-state index contributed by atoms with van der Waals surface area (Å²) >= 11 is 0. The average Bonchev–Trinajstić information content (AvgIpc) is 2.88. The number of aromatic nitrogens is 2. The van der Waals surface area contributed by atoms with E-state index in [9.17, 15) is 22.8 Å². The van der Waals surface area contributed by atoms with Crippen molar-refractivity contribution < 1.29 is 22.8 Å². The zero-order valence-electron chi connectivity index (χ0n) is 20.1. The van der Waals surface area contributed by atoms with Crippen LogP contribution in [0.25, 0.3) is 10.9 Å². The lowest BCUT2D eigenvalue weighted by atomic mass is 10.1. The van der Waals surface area contributed by atoms with Crippen LogP contribution in [0.15, 0.2) is 66.9 Å². The number of hydrogen-bond donors (Lipinski definition) is 2. The number of nitrogens with two attached hydrogens (primary N) is 1. The molecule has 0 saturated carbocycles. The molecule has 0 unspecified atom stereocenters. The van der Waals surface area contributed by atoms with Crippen LogP contribution < -0.4 is 11.1 Å². The number of alkyl halides is 3. The number of carbonyl (C=O) groups excluding carboxylic acids is 2. The Kier molecular flexibility index (Phi) is 7.10. The van der Waals surface area contributed by atoms with Gasteiger partial charge in [0.15, 0.2) is 0 Å². The molecule has 4 aromatic rings. The van der Waals surface area contributed by atoms with E-state index in [2.05, 4.69) is 15.3 Å². The number of nitrogen functional groups attached to an aromatic ring is 1. The smallest absolute Gasteiger partial charge is 0.383 e. The molecule has 0 fully saturated rings. The summed E-state index contributed by atoms with van der Waals surface area (Å²) in [5, 5.41) is 3.28. The SMILES string of the molecule is CNC(=O)c1ccc(CN(Cc2ccc(C(F)(F)F)cn2)C(=O)c2ccc3nc(N)c(C)cc3c2)cc1. The third-order valence-electron chi connectivity index (χ3n) is 5.90. The molecule has 10 heteroatoms. The van der Waals surface area contributed by atoms with E-state index in [1.54, 1.807) is 42.5 Å². The first kappa shape index (κ1) is 25.6. The van der Waals surface area contributed by atoms with E-state index in [1.807, 2.05) is 13.0 Å². The molecule has 0 radical (unpaired) electrons. The first-order chi connectivity index (χ1) is 17.5. The summed E-state index contributed by atoms with van der Waals surface area (Å²) in [7, 11) is 1.53. The van der Waals surface area contributed by atoms with Gasteiger partial charge in [-0.3, -0.25) is 14.6 Å². The van der Waals surface area contributed by atoms with Crippen molar-refractivity contribution in [3.05, 3.63) is 100 Å². The minimum Gasteiger partial charge on any atom is -0.383 e. The quantitative estimate of drug-likeness (QED) is 0.393. The molecule has 0 saturated heterocycles. The van der Waals surface area contributed by atoms with Gasteiger partial charge >= 0.3 is 6.18 Å². The Bertz CT molecular complexity index is 1450. The van der Waals surface area contributed by atoms with E-state index in [0.717, 1.165) is 28.8 Å². The first-order valence-electron chi connectivity index (χ1n) is 11.3. The molecule has 3 N–H and O–H groups in total. The van der Waals surface area contributed by atoms with Crippen LogP contribution in [-0.4, -0.2) is 33.7 Å². The predicted molar refractivity (Wildman–Crippen MR) is 134 cm³/mol. The fourth-order valence-electron chi connectivity index (χ4n) is 3.82. The lowest BCUT2D eigenvalue weighted by molar-refractivity contribution is -0.137. The van der Waals surface area contributed by atoms with Gasteiger partial charge in [0.05, 0.1) is 23.3 Å². The Morgan fingerprint density at radius 1 is 0.973 bits per heavy atom. The largest absolute Gasteiger partial charge is 0.417 e. The van der Waals surface area contributed by atoms with Crippen molar-refractivity contribution in [1.82, 2.24) is 20.2 Å². The monoisotopic (exact) mass is 507 g/mol. The van der Waals surface area contributed by atoms with Crippen molar-refractivity contribution in [3.8, 4) is 0 Å². The highest BCUT2D eigenvalue weighted by Gasteiger charge is 2.30. The zero-order chi connectivity index (χ0) is 26.7. The summed E-state index contributed by atoms with van der Waals surface area (Å²) in [6, 6.07) is 15.8. The van der Waals surface area contributed by atoms with Crippen molar-refractivity contribution in [3.63, 3.8) is 0 Å². The third-order valence-corrected chi connectivity index (χ3v) is 5.90. The van der Waals surface area contributed by atoms with Crippen molar-refractivity contribution in [2.24, 2.45) is 0 Å². The molecule has 4 rings (SSSR count). The van der Waals surface area contributed by atoms with Crippen LogP contribution in [0.5, 0.6) is 0 Å². The molecule has 2 aromatic heterocycles. The number of anilines is 1. The van der Waals surface area contributed by atoms with E-state index < -0.39 is 11.7 Å². The summed E-state index contributed by atoms with van der Waals surface area (Å²) < 4.78 is 38.9. The summed E-state index contributed by atoms with van der Waals surface area (Å²) in [6.07, 6.45) is -3.75. The molecule has 0 aliphatic carbocycles. The van der Waals surface area contributed by atoms with Crippen molar-refractivity contribution in [1.29, 1.82) is 0 Å². The summed E-state index contributed by atoms with van der Waals surface area (Å²) in [5.41, 5.74) is 8.32. The van der Waals surface area contributed by atoms with Crippen molar-refractivity contribution in [2.75, 3.05) is 12.8 Å². The van der Waals surface area contributed by atoms with Crippen LogP contribution >= 0.6 is 0 Å². The number of nitrogens with one attached hydrogen (secondary N) is 1. The van der Waals surface area contributed by atoms with Gasteiger partial charge in [0.25, 0.3) is 11.8 Å². The number of benzene rings is 2. The second kappa shape index (κ2) is 10.3. The fourth-order valence-corrected chi connectivity index (χ4v) is 3.82. The van der Waals surface area contributed by atoms with Gasteiger partial charge in [0.2, 0.25) is 0 Å². The Labute approximate surface area is 211 Å². The molecule has 2 heterocycles. The summed E-state index contributed by atoms with van der Waals surface area (Å²) in [4.78, 5) is 35.2. The summed E-state index contributed by atoms with van der Waals surface area (Å²) in [6.45, 7) is 1.94. The zero-order valence-corrected chi connectivity index (χ0v) is 20.1. The molecule has 190 valence electrons. The van der Waals surface area contributed by atoms with Gasteiger partial charge in [-0.05, 0) is 66.6 Å². The average molecular weight is 508 g/mol. The molecular weight excluding hydrogens is 483 g/mol. The Balaban J connectivity index is 1.66. The van der Waals surface area contributed by atoms with Gasteiger partial charge in [0, 0.05) is 36.3 Å². The van der Waals surface area contributed by atoms with Crippen LogP contribution in [0, 0.1) is 6.92 Å². The number of carbonyl (C=O) groups is 2. The molecule has 37 heavy (non-hydrogen) atoms. The predicted octanol–water partition coefficient (Wildman–Crippen LogP) is 4.74. The highest BCUT2D eigenvalue weighted by atomic mass is 19.4. The highest BCUT2D eigenvalue weighted by molar-refractivity contribution is 5.98. The van der Waals surface area contributed by atoms with Gasteiger partial charge in [-0.25, -0.2) is 4.98 Å². The van der Waals surface area contributed by atoms with Crippen LogP contribution in [0.4, 0.5) is 19.0 Å². The van der Waals surface area contributed by atoms with Crippen LogP contribution in [0.1, 0.15) is 43.1 Å². The lowest BCUT2D eigenvalue weighted by Gasteiger charge is -2.23. The Morgan fingerprint density at radius 3 is 2.30 bits per heavy atom. The molecule has 2 aromatic carbocycles. The topological polar surface area (TPSA) is 101 Å². The highest BCUT2D eigenvalue weighted by Crippen LogP contribution is 2.28. The molecule has 0 aliphatic heterocycles. The van der Waals surface area contributed by atoms with Gasteiger partial charge in [-0.1, -0.05) is 12.1 Å². The van der Waals surface area contributed by atoms with Gasteiger partial charge in [0.1, 0.15) is 5.82 Å². The molecule has 7 nitrogen and oxygen atoms in total. The normalized spacial score (nSPS) is 11.4. The fraction of sp³-hybridized carbons (Fsp3) is 0.185. The maximum absolute atomic E-state index is 13.6. The maximum atomic E-state index is 13.6. The molecule has 0 atom stereocenters. The van der Waals surface area contributed by atoms with Gasteiger partial charge in [-0.2, -0.15) is 13.2 Å². The Morgan fingerprint density at radius 2 is 1.68 bits per heavy atom. The number of halogens is 3. The maximum Gasteiger partial charge on any atom is 0.417 e. The Hall–Kier alpha value is -4.47. The number of nitrogens with zero attached hydrogens (tertiary/aromatic N) is 3. The number of pyridine rings is 2. The van der Waals surface area contributed by atoms with Crippen LogP contribution in [0.3, 0.4) is 0 Å². The lowest BCUT2D eigenvalue weighted by Crippen LogP contribution is -2.30. The standard InChI is InChI=1S/C27H24F3N5O2/c1-16-11-20-12-19(7-10-23(20)34-24(16)31)26(37)35(14-17-3-5-18(6-4-17)25(36)32-2)15-22-9-8-21(13-33-22)27(28,29)30/h3-13H,14-15H2,1-2H3,(H2,31,34)(H,32,36). The van der Waals surface area contributed by atoms with E-state index in [4.69, 9.17) is 5.73 Å². The number of hydrogen-bond acceptors (Lipinski definition) is 5. The van der Waals surface area contributed by atoms with Gasteiger partial charge in [-0.15, -0.1) is 0 Å². The molecule has 0 bridgehead atoms. The van der Waals surface area contributed by atoms with E-state index in [-0.39, 0.29) is 24.9 Å². The third kappa shape index (κ3) is 5.85. The number of amides is 2. The van der Waals surface area contributed by atoms with E-state index in [0.29, 0.717) is 28.2 Å². The molecule has 0 aliphatic rings.